The van der Waals surface area contributed by atoms with Gasteiger partial charge in [0.1, 0.15) is 5.97 Å². The summed E-state index contributed by atoms with van der Waals surface area (Å²) in [5, 5.41) is 10.9. The Hall–Kier alpha value is -1.39. The van der Waals surface area contributed by atoms with Crippen molar-refractivity contribution in [1.82, 2.24) is 0 Å². The molecule has 0 aliphatic rings. The lowest BCUT2D eigenvalue weighted by Crippen LogP contribution is -2.48. The molecule has 4 heteroatoms. The number of rotatable bonds is 4. The van der Waals surface area contributed by atoms with Gasteiger partial charge in [0.2, 0.25) is 5.79 Å². The lowest BCUT2D eigenvalue weighted by atomic mass is 10.1. The number of carbonyl (C=O) groups excluding carboxylic acids is 1. The third-order valence-electron chi connectivity index (χ3n) is 2.00. The molecular weight excluding hydrogens is 184 g/mol. The smallest absolute Gasteiger partial charge is 0.236 e. The van der Waals surface area contributed by atoms with Gasteiger partial charge in [0.05, 0.1) is 0 Å². The molecule has 0 saturated heterocycles. The number of aliphatic carboxylic acids is 1. The average molecular weight is 195 g/mol. The molecule has 0 spiro atoms. The van der Waals surface area contributed by atoms with Crippen LogP contribution >= 0.6 is 0 Å². The van der Waals surface area contributed by atoms with Gasteiger partial charge in [-0.15, -0.1) is 0 Å². The van der Waals surface area contributed by atoms with Crippen LogP contribution in [0.4, 0.5) is 0 Å². The van der Waals surface area contributed by atoms with Gasteiger partial charge in [-0.25, -0.2) is 0 Å². The van der Waals surface area contributed by atoms with Crippen LogP contribution in [-0.4, -0.2) is 20.2 Å². The molecule has 0 fully saturated rings. The van der Waals surface area contributed by atoms with Gasteiger partial charge in [0, 0.05) is 19.8 Å². The Balaban J connectivity index is 3.18. The normalized spacial score (nSPS) is 11.3. The molecule has 0 saturated carbocycles. The number of carboxylic acids is 1. The first kappa shape index (κ1) is 10.7. The Morgan fingerprint density at radius 2 is 1.71 bits per heavy atom. The van der Waals surface area contributed by atoms with Crippen molar-refractivity contribution in [2.45, 2.75) is 5.79 Å². The molecule has 4 nitrogen and oxygen atoms in total. The zero-order valence-electron chi connectivity index (χ0n) is 8.02. The highest BCUT2D eigenvalue weighted by molar-refractivity contribution is 5.75. The number of methoxy groups -OCH3 is 2. The largest absolute Gasteiger partial charge is 0.544 e. The summed E-state index contributed by atoms with van der Waals surface area (Å²) in [6, 6.07) is 8.37. The molecule has 1 rings (SSSR count). The second-order valence-corrected chi connectivity index (χ2v) is 2.68. The van der Waals surface area contributed by atoms with E-state index in [4.69, 9.17) is 9.47 Å². The molecule has 0 aliphatic carbocycles. The van der Waals surface area contributed by atoms with Crippen molar-refractivity contribution in [3.8, 4) is 0 Å². The predicted molar refractivity (Wildman–Crippen MR) is 47.1 cm³/mol. The molecule has 0 heterocycles. The molecule has 0 amide bonds. The first-order valence-corrected chi connectivity index (χ1v) is 4.04. The van der Waals surface area contributed by atoms with Crippen LogP contribution in [-0.2, 0) is 20.1 Å². The Bertz CT molecular complexity index is 303. The number of ether oxygens (including phenoxy) is 2. The maximum absolute atomic E-state index is 10.9. The van der Waals surface area contributed by atoms with E-state index < -0.39 is 11.8 Å². The molecule has 14 heavy (non-hydrogen) atoms. The topological polar surface area (TPSA) is 58.6 Å². The maximum Gasteiger partial charge on any atom is 0.236 e. The number of hydrogen-bond donors (Lipinski definition) is 0. The van der Waals surface area contributed by atoms with Gasteiger partial charge < -0.3 is 19.4 Å². The van der Waals surface area contributed by atoms with Crippen LogP contribution in [0.15, 0.2) is 30.3 Å². The second-order valence-electron chi connectivity index (χ2n) is 2.68. The van der Waals surface area contributed by atoms with Gasteiger partial charge in [-0.1, -0.05) is 30.3 Å². The van der Waals surface area contributed by atoms with Crippen LogP contribution < -0.4 is 5.11 Å². The number of carboxylic acid groups (broad SMARTS) is 1. The molecule has 0 aromatic heterocycles. The van der Waals surface area contributed by atoms with Crippen LogP contribution in [0.25, 0.3) is 0 Å². The van der Waals surface area contributed by atoms with E-state index in [1.54, 1.807) is 30.3 Å². The van der Waals surface area contributed by atoms with Gasteiger partial charge in [-0.05, 0) is 0 Å². The second kappa shape index (κ2) is 4.21. The van der Waals surface area contributed by atoms with Crippen LogP contribution in [0, 0.1) is 0 Å². The summed E-state index contributed by atoms with van der Waals surface area (Å²) in [5.41, 5.74) is 0.394. The number of carbonyl (C=O) groups is 1. The van der Waals surface area contributed by atoms with Gasteiger partial charge in [0.15, 0.2) is 0 Å². The van der Waals surface area contributed by atoms with Gasteiger partial charge in [-0.3, -0.25) is 0 Å². The summed E-state index contributed by atoms with van der Waals surface area (Å²) in [5.74, 6) is -3.24. The first-order chi connectivity index (χ1) is 6.67. The minimum Gasteiger partial charge on any atom is -0.544 e. The average Bonchev–Trinajstić information content (AvgIpc) is 2.22. The summed E-state index contributed by atoms with van der Waals surface area (Å²) >= 11 is 0. The fourth-order valence-electron chi connectivity index (χ4n) is 1.26. The van der Waals surface area contributed by atoms with Gasteiger partial charge >= 0.3 is 0 Å². The first-order valence-electron chi connectivity index (χ1n) is 4.04. The quantitative estimate of drug-likeness (QED) is 0.628. The van der Waals surface area contributed by atoms with Crippen molar-refractivity contribution < 1.29 is 19.4 Å². The van der Waals surface area contributed by atoms with Crippen molar-refractivity contribution in [2.75, 3.05) is 14.2 Å². The van der Waals surface area contributed by atoms with Crippen molar-refractivity contribution in [1.29, 1.82) is 0 Å². The summed E-state index contributed by atoms with van der Waals surface area (Å²) in [6.45, 7) is 0. The SMILES string of the molecule is COC(OC)(C(=O)[O-])c1ccccc1. The summed E-state index contributed by atoms with van der Waals surface area (Å²) in [6.07, 6.45) is 0. The molecule has 0 radical (unpaired) electrons. The Morgan fingerprint density at radius 1 is 1.21 bits per heavy atom. The lowest BCUT2D eigenvalue weighted by Gasteiger charge is -2.31. The Kier molecular flexibility index (Phi) is 3.22. The molecule has 0 atom stereocenters. The molecule has 76 valence electrons. The molecule has 0 N–H and O–H groups in total. The highest BCUT2D eigenvalue weighted by atomic mass is 16.7. The number of hydrogen-bond acceptors (Lipinski definition) is 4. The monoisotopic (exact) mass is 195 g/mol. The highest BCUT2D eigenvalue weighted by Crippen LogP contribution is 2.24. The van der Waals surface area contributed by atoms with Crippen molar-refractivity contribution >= 4 is 5.97 Å². The van der Waals surface area contributed by atoms with Crippen LogP contribution in [0.5, 0.6) is 0 Å². The van der Waals surface area contributed by atoms with Crippen LogP contribution in [0.3, 0.4) is 0 Å². The standard InChI is InChI=1S/C10H12O4/c1-13-10(14-2,9(11)12)8-6-4-3-5-7-8/h3-7H,1-2H3,(H,11,12)/p-1. The summed E-state index contributed by atoms with van der Waals surface area (Å²) < 4.78 is 9.70. The zero-order valence-corrected chi connectivity index (χ0v) is 8.02. The van der Waals surface area contributed by atoms with E-state index in [0.29, 0.717) is 5.56 Å². The zero-order chi connectivity index (χ0) is 10.6. The lowest BCUT2D eigenvalue weighted by molar-refractivity contribution is -0.356. The molecular formula is C10H11O4-. The minimum atomic E-state index is -1.82. The van der Waals surface area contributed by atoms with E-state index in [9.17, 15) is 9.90 Å². The van der Waals surface area contributed by atoms with E-state index in [2.05, 4.69) is 0 Å². The van der Waals surface area contributed by atoms with E-state index in [-0.39, 0.29) is 0 Å². The molecule has 1 aromatic carbocycles. The third kappa shape index (κ3) is 1.62. The van der Waals surface area contributed by atoms with Crippen molar-refractivity contribution in [3.63, 3.8) is 0 Å². The molecule has 1 aromatic rings. The van der Waals surface area contributed by atoms with Crippen molar-refractivity contribution in [2.24, 2.45) is 0 Å². The van der Waals surface area contributed by atoms with E-state index >= 15 is 0 Å². The third-order valence-corrected chi connectivity index (χ3v) is 2.00. The fourth-order valence-corrected chi connectivity index (χ4v) is 1.26. The highest BCUT2D eigenvalue weighted by Gasteiger charge is 2.33. The summed E-state index contributed by atoms with van der Waals surface area (Å²) in [7, 11) is 2.51. The van der Waals surface area contributed by atoms with Crippen LogP contribution in [0.1, 0.15) is 5.56 Å². The van der Waals surface area contributed by atoms with E-state index in [0.717, 1.165) is 0 Å². The van der Waals surface area contributed by atoms with E-state index in [1.807, 2.05) is 0 Å². The predicted octanol–water partition coefficient (Wildman–Crippen LogP) is -0.118. The van der Waals surface area contributed by atoms with E-state index in [1.165, 1.54) is 14.2 Å². The minimum absolute atomic E-state index is 0.394. The molecule has 0 aliphatic heterocycles. The fraction of sp³-hybridized carbons (Fsp3) is 0.300. The Morgan fingerprint density at radius 3 is 2.07 bits per heavy atom. The summed E-state index contributed by atoms with van der Waals surface area (Å²) in [4.78, 5) is 10.9. The Labute approximate surface area is 82.1 Å². The molecule has 0 unspecified atom stereocenters. The maximum atomic E-state index is 10.9. The molecule has 0 bridgehead atoms. The van der Waals surface area contributed by atoms with Crippen molar-refractivity contribution in [3.05, 3.63) is 35.9 Å². The van der Waals surface area contributed by atoms with Crippen LogP contribution in [0.2, 0.25) is 0 Å². The van der Waals surface area contributed by atoms with Gasteiger partial charge in [-0.2, -0.15) is 0 Å². The number of benzene rings is 1. The van der Waals surface area contributed by atoms with Gasteiger partial charge in [0.25, 0.3) is 0 Å².